The van der Waals surface area contributed by atoms with Crippen LogP contribution >= 0.6 is 15.9 Å². The SMILES string of the molecule is Cc1cc2[nH]c(C(=O)NC(c3ccc(F)c(Br)c3)C(F)(F)F)cc2cc1C(=O)[O-]. The molecule has 0 fully saturated rings. The van der Waals surface area contributed by atoms with Gasteiger partial charge in [-0.1, -0.05) is 6.07 Å². The fourth-order valence-electron chi connectivity index (χ4n) is 2.89. The van der Waals surface area contributed by atoms with E-state index in [1.807, 2.05) is 5.32 Å². The molecule has 0 spiro atoms. The Labute approximate surface area is 169 Å². The molecule has 1 atom stereocenters. The molecule has 0 saturated carbocycles. The van der Waals surface area contributed by atoms with Crippen LogP contribution in [0.25, 0.3) is 10.9 Å². The molecular formula is C19H12BrF4N2O3-. The smallest absolute Gasteiger partial charge is 0.412 e. The maximum atomic E-state index is 13.5. The summed E-state index contributed by atoms with van der Waals surface area (Å²) in [5.41, 5.74) is 0.116. The van der Waals surface area contributed by atoms with Crippen LogP contribution in [0.3, 0.4) is 0 Å². The second kappa shape index (κ2) is 7.51. The van der Waals surface area contributed by atoms with E-state index in [-0.39, 0.29) is 21.3 Å². The Bertz CT molecular complexity index is 1120. The molecule has 1 heterocycles. The Morgan fingerprint density at radius 1 is 1.17 bits per heavy atom. The van der Waals surface area contributed by atoms with Gasteiger partial charge in [-0.3, -0.25) is 4.79 Å². The highest BCUT2D eigenvalue weighted by atomic mass is 79.9. The molecule has 3 aromatic rings. The minimum atomic E-state index is -4.84. The molecule has 0 aliphatic carbocycles. The number of aromatic carboxylic acids is 1. The largest absolute Gasteiger partial charge is 0.545 e. The lowest BCUT2D eigenvalue weighted by Crippen LogP contribution is -2.38. The van der Waals surface area contributed by atoms with Gasteiger partial charge in [0.25, 0.3) is 5.91 Å². The minimum absolute atomic E-state index is 0.0900. The van der Waals surface area contributed by atoms with Gasteiger partial charge in [-0.2, -0.15) is 13.2 Å². The summed E-state index contributed by atoms with van der Waals surface area (Å²) in [6, 6.07) is 4.32. The monoisotopic (exact) mass is 471 g/mol. The van der Waals surface area contributed by atoms with Crippen molar-refractivity contribution in [2.75, 3.05) is 0 Å². The number of aryl methyl sites for hydroxylation is 1. The predicted octanol–water partition coefficient (Wildman–Crippen LogP) is 3.77. The molecule has 0 aliphatic heterocycles. The number of halogens is 5. The van der Waals surface area contributed by atoms with Gasteiger partial charge in [-0.25, -0.2) is 4.39 Å². The highest BCUT2D eigenvalue weighted by Gasteiger charge is 2.42. The maximum Gasteiger partial charge on any atom is 0.412 e. The molecule has 1 aromatic heterocycles. The molecule has 3 rings (SSSR count). The topological polar surface area (TPSA) is 85.0 Å². The summed E-state index contributed by atoms with van der Waals surface area (Å²) in [6.07, 6.45) is -4.84. The Hall–Kier alpha value is -2.88. The number of benzene rings is 2. The predicted molar refractivity (Wildman–Crippen MR) is 97.7 cm³/mol. The number of aromatic nitrogens is 1. The molecule has 0 radical (unpaired) electrons. The summed E-state index contributed by atoms with van der Waals surface area (Å²) in [5.74, 6) is -3.21. The van der Waals surface area contributed by atoms with E-state index in [0.29, 0.717) is 16.5 Å². The Kier molecular flexibility index (Phi) is 5.40. The first-order valence-corrected chi connectivity index (χ1v) is 8.94. The standard InChI is InChI=1S/C19H13BrF4N2O3/c1-8-4-14-10(5-11(8)18(28)29)7-15(25-14)17(27)26-16(19(22,23)24)9-2-3-13(21)12(20)6-9/h2-7,16,25H,1H3,(H,26,27)(H,28,29)/p-1. The summed E-state index contributed by atoms with van der Waals surface area (Å²) >= 11 is 2.83. The van der Waals surface area contributed by atoms with Crippen molar-refractivity contribution < 1.29 is 32.3 Å². The van der Waals surface area contributed by atoms with Crippen LogP contribution in [0.2, 0.25) is 0 Å². The molecule has 1 amide bonds. The zero-order chi connectivity index (χ0) is 21.5. The summed E-state index contributed by atoms with van der Waals surface area (Å²) in [6.45, 7) is 1.53. The van der Waals surface area contributed by atoms with Crippen LogP contribution in [-0.4, -0.2) is 23.0 Å². The van der Waals surface area contributed by atoms with Crippen LogP contribution < -0.4 is 10.4 Å². The quantitative estimate of drug-likeness (QED) is 0.568. The first-order valence-electron chi connectivity index (χ1n) is 8.14. The number of hydrogen-bond acceptors (Lipinski definition) is 3. The fourth-order valence-corrected chi connectivity index (χ4v) is 3.28. The van der Waals surface area contributed by atoms with Crippen LogP contribution in [-0.2, 0) is 0 Å². The Morgan fingerprint density at radius 2 is 1.86 bits per heavy atom. The van der Waals surface area contributed by atoms with Gasteiger partial charge < -0.3 is 20.2 Å². The first-order chi connectivity index (χ1) is 13.5. The molecule has 0 bridgehead atoms. The molecule has 152 valence electrons. The van der Waals surface area contributed by atoms with E-state index < -0.39 is 29.9 Å². The van der Waals surface area contributed by atoms with Crippen molar-refractivity contribution in [3.05, 3.63) is 69.1 Å². The van der Waals surface area contributed by atoms with Crippen LogP contribution in [0.5, 0.6) is 0 Å². The van der Waals surface area contributed by atoms with Crippen LogP contribution in [0.15, 0.2) is 40.9 Å². The number of carbonyl (C=O) groups is 2. The third-order valence-corrected chi connectivity index (χ3v) is 4.92. The number of H-pyrrole nitrogens is 1. The summed E-state index contributed by atoms with van der Waals surface area (Å²) in [7, 11) is 0. The van der Waals surface area contributed by atoms with Gasteiger partial charge >= 0.3 is 6.18 Å². The minimum Gasteiger partial charge on any atom is -0.545 e. The van der Waals surface area contributed by atoms with E-state index >= 15 is 0 Å². The molecule has 10 heteroatoms. The lowest BCUT2D eigenvalue weighted by molar-refractivity contribution is -0.255. The van der Waals surface area contributed by atoms with Gasteiger partial charge in [0.2, 0.25) is 0 Å². The molecule has 2 N–H and O–H groups in total. The number of carbonyl (C=O) groups excluding carboxylic acids is 2. The second-order valence-electron chi connectivity index (χ2n) is 6.35. The van der Waals surface area contributed by atoms with Crippen molar-refractivity contribution in [1.29, 1.82) is 0 Å². The number of alkyl halides is 3. The maximum absolute atomic E-state index is 13.5. The van der Waals surface area contributed by atoms with Crippen molar-refractivity contribution in [3.8, 4) is 0 Å². The van der Waals surface area contributed by atoms with Crippen LogP contribution in [0, 0.1) is 12.7 Å². The zero-order valence-corrected chi connectivity index (χ0v) is 16.2. The Balaban J connectivity index is 1.95. The number of aromatic amines is 1. The fraction of sp³-hybridized carbons (Fsp3) is 0.158. The second-order valence-corrected chi connectivity index (χ2v) is 7.20. The van der Waals surface area contributed by atoms with Crippen molar-refractivity contribution in [1.82, 2.24) is 10.3 Å². The summed E-state index contributed by atoms with van der Waals surface area (Å²) in [4.78, 5) is 26.2. The van der Waals surface area contributed by atoms with E-state index in [1.54, 1.807) is 0 Å². The number of hydrogen-bond donors (Lipinski definition) is 2. The van der Waals surface area contributed by atoms with Gasteiger partial charge in [0.1, 0.15) is 11.5 Å². The van der Waals surface area contributed by atoms with E-state index in [2.05, 4.69) is 20.9 Å². The third kappa shape index (κ3) is 4.26. The third-order valence-electron chi connectivity index (χ3n) is 4.31. The van der Waals surface area contributed by atoms with Crippen molar-refractivity contribution in [2.45, 2.75) is 19.1 Å². The average molecular weight is 472 g/mol. The molecular weight excluding hydrogens is 460 g/mol. The summed E-state index contributed by atoms with van der Waals surface area (Å²) in [5, 5.41) is 13.3. The number of fused-ring (bicyclic) bond motifs is 1. The van der Waals surface area contributed by atoms with Gasteiger partial charge in [0.05, 0.1) is 10.4 Å². The highest BCUT2D eigenvalue weighted by Crippen LogP contribution is 2.34. The van der Waals surface area contributed by atoms with Crippen molar-refractivity contribution in [2.24, 2.45) is 0 Å². The average Bonchev–Trinajstić information content (AvgIpc) is 3.03. The molecule has 0 saturated heterocycles. The number of carboxylic acid groups (broad SMARTS) is 1. The Morgan fingerprint density at radius 3 is 2.45 bits per heavy atom. The summed E-state index contributed by atoms with van der Waals surface area (Å²) < 4.78 is 53.7. The van der Waals surface area contributed by atoms with E-state index in [9.17, 15) is 32.3 Å². The molecule has 0 aliphatic rings. The van der Waals surface area contributed by atoms with Gasteiger partial charge in [-0.05, 0) is 64.3 Å². The molecule has 29 heavy (non-hydrogen) atoms. The lowest BCUT2D eigenvalue weighted by atomic mass is 10.1. The molecule has 2 aromatic carbocycles. The van der Waals surface area contributed by atoms with E-state index in [1.165, 1.54) is 25.1 Å². The van der Waals surface area contributed by atoms with E-state index in [0.717, 1.165) is 18.2 Å². The molecule has 1 unspecified atom stereocenters. The zero-order valence-electron chi connectivity index (χ0n) is 14.7. The van der Waals surface area contributed by atoms with Gasteiger partial charge in [0.15, 0.2) is 6.04 Å². The van der Waals surface area contributed by atoms with Crippen molar-refractivity contribution >= 4 is 38.7 Å². The van der Waals surface area contributed by atoms with Gasteiger partial charge in [-0.15, -0.1) is 0 Å². The van der Waals surface area contributed by atoms with Crippen molar-refractivity contribution in [3.63, 3.8) is 0 Å². The lowest BCUT2D eigenvalue weighted by Gasteiger charge is -2.22. The highest BCUT2D eigenvalue weighted by molar-refractivity contribution is 9.10. The molecule has 5 nitrogen and oxygen atoms in total. The number of rotatable bonds is 4. The number of nitrogens with one attached hydrogen (secondary N) is 2. The van der Waals surface area contributed by atoms with Crippen LogP contribution in [0.1, 0.15) is 38.0 Å². The van der Waals surface area contributed by atoms with Gasteiger partial charge in [0, 0.05) is 16.5 Å². The first kappa shape index (κ1) is 20.8. The number of carboxylic acids is 1. The normalized spacial score (nSPS) is 12.8. The number of amides is 1. The van der Waals surface area contributed by atoms with E-state index in [4.69, 9.17) is 0 Å². The van der Waals surface area contributed by atoms with Crippen LogP contribution in [0.4, 0.5) is 17.6 Å².